The van der Waals surface area contributed by atoms with E-state index in [2.05, 4.69) is 5.32 Å². The van der Waals surface area contributed by atoms with Gasteiger partial charge in [-0.2, -0.15) is 0 Å². The molecule has 0 saturated heterocycles. The molecule has 116 valence electrons. The highest BCUT2D eigenvalue weighted by molar-refractivity contribution is 6.30. The Kier molecular flexibility index (Phi) is 4.56. The number of primary amides is 1. The molecule has 1 atom stereocenters. The van der Waals surface area contributed by atoms with Gasteiger partial charge in [0.2, 0.25) is 5.91 Å². The van der Waals surface area contributed by atoms with Crippen molar-refractivity contribution in [2.45, 2.75) is 25.8 Å². The van der Waals surface area contributed by atoms with E-state index in [4.69, 9.17) is 21.8 Å². The minimum Gasteiger partial charge on any atom is -0.456 e. The molecule has 0 fully saturated rings. The van der Waals surface area contributed by atoms with Crippen molar-refractivity contribution >= 4 is 23.4 Å². The number of nitrogens with two attached hydrogens (primary N) is 1. The van der Waals surface area contributed by atoms with E-state index in [1.807, 2.05) is 6.92 Å². The maximum atomic E-state index is 12.3. The molecule has 0 aliphatic rings. The van der Waals surface area contributed by atoms with Crippen LogP contribution in [0.25, 0.3) is 0 Å². The Morgan fingerprint density at radius 1 is 1.32 bits per heavy atom. The lowest BCUT2D eigenvalue weighted by Crippen LogP contribution is -2.52. The maximum absolute atomic E-state index is 12.3. The third-order valence-corrected chi connectivity index (χ3v) is 3.73. The van der Waals surface area contributed by atoms with E-state index in [1.165, 1.54) is 6.92 Å². The van der Waals surface area contributed by atoms with E-state index in [9.17, 15) is 9.59 Å². The van der Waals surface area contributed by atoms with Gasteiger partial charge in [0.05, 0.1) is 0 Å². The summed E-state index contributed by atoms with van der Waals surface area (Å²) in [4.78, 5) is 24.2. The SMILES string of the molecule is CCc1ccc(C(=O)NC(C)(C(N)=O)c2cccc(Cl)c2)o1. The molecular weight excluding hydrogens is 304 g/mol. The van der Waals surface area contributed by atoms with Crippen LogP contribution in [0.2, 0.25) is 5.02 Å². The summed E-state index contributed by atoms with van der Waals surface area (Å²) in [7, 11) is 0. The Labute approximate surface area is 133 Å². The van der Waals surface area contributed by atoms with Gasteiger partial charge in [0.25, 0.3) is 5.91 Å². The first-order chi connectivity index (χ1) is 10.4. The molecule has 0 spiro atoms. The van der Waals surface area contributed by atoms with E-state index in [-0.39, 0.29) is 5.76 Å². The van der Waals surface area contributed by atoms with Crippen LogP contribution in [0.1, 0.15) is 35.7 Å². The summed E-state index contributed by atoms with van der Waals surface area (Å²) in [5.74, 6) is -0.383. The fourth-order valence-corrected chi connectivity index (χ4v) is 2.24. The average Bonchev–Trinajstić information content (AvgIpc) is 2.96. The fourth-order valence-electron chi connectivity index (χ4n) is 2.05. The molecule has 0 saturated carbocycles. The van der Waals surface area contributed by atoms with E-state index < -0.39 is 17.4 Å². The fraction of sp³-hybridized carbons (Fsp3) is 0.250. The number of halogens is 1. The summed E-state index contributed by atoms with van der Waals surface area (Å²) in [5, 5.41) is 3.07. The van der Waals surface area contributed by atoms with Crippen LogP contribution in [0.5, 0.6) is 0 Å². The highest BCUT2D eigenvalue weighted by Gasteiger charge is 2.36. The summed E-state index contributed by atoms with van der Waals surface area (Å²) < 4.78 is 5.39. The van der Waals surface area contributed by atoms with Gasteiger partial charge in [0, 0.05) is 11.4 Å². The lowest BCUT2D eigenvalue weighted by molar-refractivity contribution is -0.123. The summed E-state index contributed by atoms with van der Waals surface area (Å²) in [6.45, 7) is 3.45. The number of rotatable bonds is 5. The second kappa shape index (κ2) is 6.23. The summed E-state index contributed by atoms with van der Waals surface area (Å²) in [6.07, 6.45) is 0.675. The minimum atomic E-state index is -1.39. The smallest absolute Gasteiger partial charge is 0.288 e. The molecular formula is C16H17ClN2O3. The number of hydrogen-bond donors (Lipinski definition) is 2. The first kappa shape index (κ1) is 16.1. The topological polar surface area (TPSA) is 85.3 Å². The molecule has 22 heavy (non-hydrogen) atoms. The molecule has 1 aromatic carbocycles. The van der Waals surface area contributed by atoms with Crippen LogP contribution in [0.15, 0.2) is 40.8 Å². The van der Waals surface area contributed by atoms with Crippen LogP contribution in [0.3, 0.4) is 0 Å². The standard InChI is InChI=1S/C16H17ClN2O3/c1-3-12-7-8-13(22-12)14(20)19-16(2,15(18)21)10-5-4-6-11(17)9-10/h4-9H,3H2,1-2H3,(H2,18,21)(H,19,20). The van der Waals surface area contributed by atoms with Crippen molar-refractivity contribution in [2.24, 2.45) is 5.73 Å². The van der Waals surface area contributed by atoms with Gasteiger partial charge in [0.1, 0.15) is 11.3 Å². The van der Waals surface area contributed by atoms with Gasteiger partial charge in [-0.3, -0.25) is 9.59 Å². The predicted octanol–water partition coefficient (Wildman–Crippen LogP) is 2.63. The van der Waals surface area contributed by atoms with Crippen molar-refractivity contribution in [3.8, 4) is 0 Å². The molecule has 0 aliphatic carbocycles. The van der Waals surface area contributed by atoms with Crippen LogP contribution in [0.4, 0.5) is 0 Å². The zero-order valence-electron chi connectivity index (χ0n) is 12.4. The number of hydrogen-bond acceptors (Lipinski definition) is 3. The Bertz CT molecular complexity index is 711. The van der Waals surface area contributed by atoms with Gasteiger partial charge in [-0.15, -0.1) is 0 Å². The third kappa shape index (κ3) is 3.14. The summed E-state index contributed by atoms with van der Waals surface area (Å²) in [5.41, 5.74) is 4.60. The molecule has 2 rings (SSSR count). The van der Waals surface area contributed by atoms with Crippen molar-refractivity contribution in [3.05, 3.63) is 58.5 Å². The van der Waals surface area contributed by atoms with E-state index in [0.717, 1.165) is 0 Å². The molecule has 2 amide bonds. The average molecular weight is 321 g/mol. The molecule has 0 aliphatic heterocycles. The number of nitrogens with one attached hydrogen (secondary N) is 1. The van der Waals surface area contributed by atoms with E-state index >= 15 is 0 Å². The summed E-state index contributed by atoms with van der Waals surface area (Å²) >= 11 is 5.95. The second-order valence-corrected chi connectivity index (χ2v) is 5.51. The molecule has 0 radical (unpaired) electrons. The molecule has 5 nitrogen and oxygen atoms in total. The van der Waals surface area contributed by atoms with Crippen LogP contribution >= 0.6 is 11.6 Å². The highest BCUT2D eigenvalue weighted by Crippen LogP contribution is 2.24. The highest BCUT2D eigenvalue weighted by atomic mass is 35.5. The number of furan rings is 1. The van der Waals surface area contributed by atoms with Crippen molar-refractivity contribution in [3.63, 3.8) is 0 Å². The van der Waals surface area contributed by atoms with Crippen molar-refractivity contribution in [2.75, 3.05) is 0 Å². The first-order valence-corrected chi connectivity index (χ1v) is 7.21. The van der Waals surface area contributed by atoms with Crippen LogP contribution in [0, 0.1) is 0 Å². The van der Waals surface area contributed by atoms with Gasteiger partial charge >= 0.3 is 0 Å². The van der Waals surface area contributed by atoms with Crippen LogP contribution < -0.4 is 11.1 Å². The maximum Gasteiger partial charge on any atom is 0.288 e. The monoisotopic (exact) mass is 320 g/mol. The van der Waals surface area contributed by atoms with Crippen molar-refractivity contribution < 1.29 is 14.0 Å². The van der Waals surface area contributed by atoms with Gasteiger partial charge < -0.3 is 15.5 Å². The lowest BCUT2D eigenvalue weighted by atomic mass is 9.91. The van der Waals surface area contributed by atoms with Crippen molar-refractivity contribution in [1.29, 1.82) is 0 Å². The van der Waals surface area contributed by atoms with E-state index in [0.29, 0.717) is 22.8 Å². The molecule has 3 N–H and O–H groups in total. The number of carbonyl (C=O) groups excluding carboxylic acids is 2. The largest absolute Gasteiger partial charge is 0.456 e. The Morgan fingerprint density at radius 2 is 2.05 bits per heavy atom. The quantitative estimate of drug-likeness (QED) is 0.888. The third-order valence-electron chi connectivity index (χ3n) is 3.49. The number of aryl methyl sites for hydroxylation is 1. The van der Waals surface area contributed by atoms with Crippen LogP contribution in [-0.4, -0.2) is 11.8 Å². The Hall–Kier alpha value is -2.27. The molecule has 0 bridgehead atoms. The number of carbonyl (C=O) groups is 2. The molecule has 6 heteroatoms. The zero-order valence-corrected chi connectivity index (χ0v) is 13.1. The number of benzene rings is 1. The minimum absolute atomic E-state index is 0.131. The second-order valence-electron chi connectivity index (χ2n) is 5.07. The normalized spacial score (nSPS) is 13.4. The zero-order chi connectivity index (χ0) is 16.3. The first-order valence-electron chi connectivity index (χ1n) is 6.84. The van der Waals surface area contributed by atoms with Gasteiger partial charge in [-0.25, -0.2) is 0 Å². The Morgan fingerprint density at radius 3 is 2.59 bits per heavy atom. The van der Waals surface area contributed by atoms with Gasteiger partial charge in [-0.1, -0.05) is 30.7 Å². The summed E-state index contributed by atoms with van der Waals surface area (Å²) in [6, 6.07) is 9.91. The number of amides is 2. The van der Waals surface area contributed by atoms with Gasteiger partial charge in [-0.05, 0) is 36.8 Å². The van der Waals surface area contributed by atoms with Crippen LogP contribution in [-0.2, 0) is 16.8 Å². The molecule has 1 aromatic heterocycles. The molecule has 1 unspecified atom stereocenters. The Balaban J connectivity index is 2.32. The van der Waals surface area contributed by atoms with Crippen molar-refractivity contribution in [1.82, 2.24) is 5.32 Å². The lowest BCUT2D eigenvalue weighted by Gasteiger charge is -2.27. The van der Waals surface area contributed by atoms with E-state index in [1.54, 1.807) is 36.4 Å². The predicted molar refractivity (Wildman–Crippen MR) is 83.6 cm³/mol. The molecule has 2 aromatic rings. The van der Waals surface area contributed by atoms with Gasteiger partial charge in [0.15, 0.2) is 5.76 Å². The molecule has 1 heterocycles.